The van der Waals surface area contributed by atoms with Crippen LogP contribution in [0.5, 0.6) is 0 Å². The number of amides is 1. The Morgan fingerprint density at radius 1 is 1.53 bits per heavy atom. The van der Waals surface area contributed by atoms with Crippen molar-refractivity contribution in [3.63, 3.8) is 0 Å². The summed E-state index contributed by atoms with van der Waals surface area (Å²) in [4.78, 5) is 22.3. The van der Waals surface area contributed by atoms with Crippen LogP contribution >= 0.6 is 11.5 Å². The molecular formula is C10H15N3O3S. The van der Waals surface area contributed by atoms with Gasteiger partial charge in [-0.2, -0.15) is 0 Å². The van der Waals surface area contributed by atoms with Crippen molar-refractivity contribution in [2.75, 3.05) is 6.54 Å². The second kappa shape index (κ2) is 6.95. The number of carbonyl (C=O) groups is 2. The van der Waals surface area contributed by atoms with E-state index in [1.54, 1.807) is 0 Å². The molecule has 0 radical (unpaired) electrons. The lowest BCUT2D eigenvalue weighted by atomic mass is 10.0. The largest absolute Gasteiger partial charge is 0.481 e. The van der Waals surface area contributed by atoms with E-state index in [1.807, 2.05) is 6.92 Å². The number of aliphatic carboxylic acids is 1. The highest BCUT2D eigenvalue weighted by molar-refractivity contribution is 7.07. The van der Waals surface area contributed by atoms with E-state index in [9.17, 15) is 9.59 Å². The standard InChI is InChI=1S/C10H15N3O3S/c1-7(2-3-9(14)15)4-5-11-10(16)8-6-12-13-17-8/h6-7H,2-5H2,1H3,(H,11,16)(H,14,15). The Morgan fingerprint density at radius 2 is 2.29 bits per heavy atom. The van der Waals surface area contributed by atoms with E-state index >= 15 is 0 Å². The number of hydrogen-bond donors (Lipinski definition) is 2. The molecule has 1 rings (SSSR count). The van der Waals surface area contributed by atoms with Crippen molar-refractivity contribution >= 4 is 23.4 Å². The van der Waals surface area contributed by atoms with Gasteiger partial charge in [0.1, 0.15) is 4.88 Å². The first-order valence-electron chi connectivity index (χ1n) is 5.37. The van der Waals surface area contributed by atoms with E-state index < -0.39 is 5.97 Å². The lowest BCUT2D eigenvalue weighted by Gasteiger charge is -2.09. The number of nitrogens with one attached hydrogen (secondary N) is 1. The SMILES string of the molecule is CC(CCNC(=O)c1cnns1)CCC(=O)O. The van der Waals surface area contributed by atoms with Crippen molar-refractivity contribution in [3.8, 4) is 0 Å². The van der Waals surface area contributed by atoms with Gasteiger partial charge in [0, 0.05) is 13.0 Å². The molecule has 0 bridgehead atoms. The third-order valence-corrected chi connectivity index (χ3v) is 3.02. The van der Waals surface area contributed by atoms with Crippen molar-refractivity contribution in [2.24, 2.45) is 5.92 Å². The van der Waals surface area contributed by atoms with Crippen LogP contribution in [0.3, 0.4) is 0 Å². The smallest absolute Gasteiger partial charge is 0.303 e. The maximum Gasteiger partial charge on any atom is 0.303 e. The Labute approximate surface area is 103 Å². The van der Waals surface area contributed by atoms with Crippen LogP contribution in [0.25, 0.3) is 0 Å². The van der Waals surface area contributed by atoms with Crippen molar-refractivity contribution in [1.82, 2.24) is 14.9 Å². The van der Waals surface area contributed by atoms with E-state index in [0.717, 1.165) is 18.0 Å². The molecule has 0 aromatic carbocycles. The summed E-state index contributed by atoms with van der Waals surface area (Å²) in [5, 5.41) is 14.8. The molecule has 0 saturated carbocycles. The maximum absolute atomic E-state index is 11.5. The summed E-state index contributed by atoms with van der Waals surface area (Å²) in [7, 11) is 0. The third kappa shape index (κ3) is 5.39. The van der Waals surface area contributed by atoms with Crippen molar-refractivity contribution < 1.29 is 14.7 Å². The van der Waals surface area contributed by atoms with E-state index in [0.29, 0.717) is 17.8 Å². The molecule has 1 aromatic heterocycles. The highest BCUT2D eigenvalue weighted by atomic mass is 32.1. The minimum Gasteiger partial charge on any atom is -0.481 e. The number of carboxylic acid groups (broad SMARTS) is 1. The normalized spacial score (nSPS) is 12.1. The Balaban J connectivity index is 2.15. The fraction of sp³-hybridized carbons (Fsp3) is 0.600. The number of carboxylic acids is 1. The van der Waals surface area contributed by atoms with Gasteiger partial charge in [-0.25, -0.2) is 0 Å². The third-order valence-electron chi connectivity index (χ3n) is 2.36. The van der Waals surface area contributed by atoms with Crippen LogP contribution in [0.4, 0.5) is 0 Å². The summed E-state index contributed by atoms with van der Waals surface area (Å²) in [6, 6.07) is 0. The molecule has 1 unspecified atom stereocenters. The minimum absolute atomic E-state index is 0.174. The topological polar surface area (TPSA) is 92.2 Å². The molecule has 1 aromatic rings. The minimum atomic E-state index is -0.781. The van der Waals surface area contributed by atoms with E-state index in [1.165, 1.54) is 6.20 Å². The fourth-order valence-corrected chi connectivity index (χ4v) is 1.73. The Morgan fingerprint density at radius 3 is 2.88 bits per heavy atom. The van der Waals surface area contributed by atoms with Gasteiger partial charge >= 0.3 is 5.97 Å². The van der Waals surface area contributed by atoms with E-state index in [2.05, 4.69) is 14.9 Å². The van der Waals surface area contributed by atoms with Crippen LogP contribution in [0.1, 0.15) is 35.9 Å². The van der Waals surface area contributed by atoms with E-state index in [4.69, 9.17) is 5.11 Å². The van der Waals surface area contributed by atoms with Gasteiger partial charge in [0.05, 0.1) is 6.20 Å². The van der Waals surface area contributed by atoms with Crippen LogP contribution in [0.15, 0.2) is 6.20 Å². The number of aromatic nitrogens is 2. The molecule has 6 nitrogen and oxygen atoms in total. The molecule has 0 saturated heterocycles. The molecule has 1 heterocycles. The average Bonchev–Trinajstić information content (AvgIpc) is 2.79. The second-order valence-electron chi connectivity index (χ2n) is 3.86. The summed E-state index contributed by atoms with van der Waals surface area (Å²) < 4.78 is 3.60. The predicted octanol–water partition coefficient (Wildman–Crippen LogP) is 1.16. The Bertz CT molecular complexity index is 367. The monoisotopic (exact) mass is 257 g/mol. The zero-order chi connectivity index (χ0) is 12.7. The summed E-state index contributed by atoms with van der Waals surface area (Å²) in [5.41, 5.74) is 0. The average molecular weight is 257 g/mol. The lowest BCUT2D eigenvalue weighted by Crippen LogP contribution is -2.24. The van der Waals surface area contributed by atoms with Crippen LogP contribution in [-0.2, 0) is 4.79 Å². The number of rotatable bonds is 7. The van der Waals surface area contributed by atoms with Gasteiger partial charge in [-0.05, 0) is 30.3 Å². The summed E-state index contributed by atoms with van der Waals surface area (Å²) in [6.07, 6.45) is 3.00. The molecule has 2 N–H and O–H groups in total. The van der Waals surface area contributed by atoms with E-state index in [-0.39, 0.29) is 18.2 Å². The lowest BCUT2D eigenvalue weighted by molar-refractivity contribution is -0.137. The summed E-state index contributed by atoms with van der Waals surface area (Å²) in [5.74, 6) is -0.673. The van der Waals surface area contributed by atoms with Gasteiger partial charge in [-0.3, -0.25) is 9.59 Å². The number of hydrogen-bond acceptors (Lipinski definition) is 5. The van der Waals surface area contributed by atoms with Crippen LogP contribution < -0.4 is 5.32 Å². The quantitative estimate of drug-likeness (QED) is 0.764. The van der Waals surface area contributed by atoms with Crippen molar-refractivity contribution in [2.45, 2.75) is 26.2 Å². The van der Waals surface area contributed by atoms with Gasteiger partial charge in [-0.15, -0.1) is 5.10 Å². The summed E-state index contributed by atoms with van der Waals surface area (Å²) >= 11 is 1.05. The molecule has 0 aliphatic heterocycles. The molecule has 0 aliphatic rings. The molecule has 0 fully saturated rings. The zero-order valence-electron chi connectivity index (χ0n) is 9.55. The van der Waals surface area contributed by atoms with Gasteiger partial charge in [-0.1, -0.05) is 11.4 Å². The molecular weight excluding hydrogens is 242 g/mol. The molecule has 94 valence electrons. The molecule has 1 amide bonds. The zero-order valence-corrected chi connectivity index (χ0v) is 10.4. The maximum atomic E-state index is 11.5. The molecule has 0 aliphatic carbocycles. The van der Waals surface area contributed by atoms with Gasteiger partial charge in [0.15, 0.2) is 0 Å². The molecule has 7 heteroatoms. The second-order valence-corrected chi connectivity index (χ2v) is 4.65. The van der Waals surface area contributed by atoms with Crippen LogP contribution in [0.2, 0.25) is 0 Å². The first-order chi connectivity index (χ1) is 8.09. The van der Waals surface area contributed by atoms with Crippen LogP contribution in [0, 0.1) is 5.92 Å². The van der Waals surface area contributed by atoms with Gasteiger partial charge in [0.2, 0.25) is 0 Å². The highest BCUT2D eigenvalue weighted by Crippen LogP contribution is 2.09. The molecule has 17 heavy (non-hydrogen) atoms. The summed E-state index contributed by atoms with van der Waals surface area (Å²) in [6.45, 7) is 2.51. The Kier molecular flexibility index (Phi) is 5.55. The molecule has 0 spiro atoms. The van der Waals surface area contributed by atoms with Gasteiger partial charge < -0.3 is 10.4 Å². The Hall–Kier alpha value is -1.50. The van der Waals surface area contributed by atoms with Crippen LogP contribution in [-0.4, -0.2) is 33.1 Å². The fourth-order valence-electron chi connectivity index (χ4n) is 1.30. The number of carbonyl (C=O) groups excluding carboxylic acids is 1. The number of nitrogens with zero attached hydrogens (tertiary/aromatic N) is 2. The first-order valence-corrected chi connectivity index (χ1v) is 6.14. The predicted molar refractivity (Wildman–Crippen MR) is 62.9 cm³/mol. The highest BCUT2D eigenvalue weighted by Gasteiger charge is 2.09. The van der Waals surface area contributed by atoms with Gasteiger partial charge in [0.25, 0.3) is 5.91 Å². The van der Waals surface area contributed by atoms with Crippen molar-refractivity contribution in [3.05, 3.63) is 11.1 Å². The van der Waals surface area contributed by atoms with Crippen molar-refractivity contribution in [1.29, 1.82) is 0 Å². The first kappa shape index (κ1) is 13.6. The molecule has 1 atom stereocenters.